The molecule has 3 heteroatoms. The van der Waals surface area contributed by atoms with Gasteiger partial charge in [-0.25, -0.2) is 0 Å². The average Bonchev–Trinajstić information content (AvgIpc) is 2.94. The SMILES string of the molecule is CN(C)C1(CC(C)(C)C)CCC(C(=O)N2CCCC2)C1. The van der Waals surface area contributed by atoms with Crippen LogP contribution in [0, 0.1) is 11.3 Å². The van der Waals surface area contributed by atoms with Gasteiger partial charge in [0.1, 0.15) is 0 Å². The molecule has 1 aliphatic carbocycles. The van der Waals surface area contributed by atoms with E-state index in [2.05, 4.69) is 44.7 Å². The van der Waals surface area contributed by atoms with Gasteiger partial charge in [0.2, 0.25) is 5.91 Å². The molecule has 0 aromatic heterocycles. The van der Waals surface area contributed by atoms with E-state index in [0.717, 1.165) is 25.9 Å². The lowest BCUT2D eigenvalue weighted by molar-refractivity contribution is -0.134. The molecule has 20 heavy (non-hydrogen) atoms. The minimum atomic E-state index is 0.221. The molecule has 0 aromatic rings. The lowest BCUT2D eigenvalue weighted by Crippen LogP contribution is -2.45. The fourth-order valence-electron chi connectivity index (χ4n) is 4.22. The van der Waals surface area contributed by atoms with Gasteiger partial charge in [-0.1, -0.05) is 20.8 Å². The Bertz CT molecular complexity index is 352. The molecule has 0 spiro atoms. The van der Waals surface area contributed by atoms with Crippen molar-refractivity contribution in [3.8, 4) is 0 Å². The van der Waals surface area contributed by atoms with Crippen LogP contribution in [-0.4, -0.2) is 48.4 Å². The van der Waals surface area contributed by atoms with Crippen LogP contribution in [0.15, 0.2) is 0 Å². The number of carbonyl (C=O) groups excluding carboxylic acids is 1. The second-order valence-electron chi connectivity index (χ2n) is 8.33. The van der Waals surface area contributed by atoms with Crippen molar-refractivity contribution in [2.75, 3.05) is 27.2 Å². The van der Waals surface area contributed by atoms with Gasteiger partial charge in [-0.15, -0.1) is 0 Å². The van der Waals surface area contributed by atoms with Crippen LogP contribution in [0.5, 0.6) is 0 Å². The zero-order valence-corrected chi connectivity index (χ0v) is 14.0. The molecule has 1 saturated heterocycles. The molecule has 2 atom stereocenters. The summed E-state index contributed by atoms with van der Waals surface area (Å²) in [7, 11) is 4.38. The predicted molar refractivity (Wildman–Crippen MR) is 83.6 cm³/mol. The van der Waals surface area contributed by atoms with Crippen LogP contribution >= 0.6 is 0 Å². The molecule has 2 fully saturated rings. The first kappa shape index (κ1) is 15.8. The second kappa shape index (κ2) is 5.67. The molecule has 2 unspecified atom stereocenters. The van der Waals surface area contributed by atoms with Crippen molar-refractivity contribution >= 4 is 5.91 Å². The Kier molecular flexibility index (Phi) is 4.48. The Morgan fingerprint density at radius 1 is 1.25 bits per heavy atom. The van der Waals surface area contributed by atoms with Crippen LogP contribution in [0.2, 0.25) is 0 Å². The van der Waals surface area contributed by atoms with Gasteiger partial charge >= 0.3 is 0 Å². The van der Waals surface area contributed by atoms with E-state index in [0.29, 0.717) is 11.3 Å². The first-order chi connectivity index (χ1) is 9.23. The zero-order valence-electron chi connectivity index (χ0n) is 14.0. The highest BCUT2D eigenvalue weighted by atomic mass is 16.2. The molecule has 0 bridgehead atoms. The van der Waals surface area contributed by atoms with Crippen molar-refractivity contribution in [3.05, 3.63) is 0 Å². The van der Waals surface area contributed by atoms with Crippen molar-refractivity contribution in [3.63, 3.8) is 0 Å². The smallest absolute Gasteiger partial charge is 0.225 e. The van der Waals surface area contributed by atoms with Crippen molar-refractivity contribution in [2.45, 2.75) is 64.8 Å². The Labute approximate surface area is 124 Å². The van der Waals surface area contributed by atoms with E-state index in [4.69, 9.17) is 0 Å². The highest BCUT2D eigenvalue weighted by Crippen LogP contribution is 2.45. The molecule has 0 radical (unpaired) electrons. The maximum absolute atomic E-state index is 12.6. The Hall–Kier alpha value is -0.570. The van der Waals surface area contributed by atoms with E-state index < -0.39 is 0 Å². The van der Waals surface area contributed by atoms with Gasteiger partial charge in [0.05, 0.1) is 0 Å². The van der Waals surface area contributed by atoms with Crippen LogP contribution < -0.4 is 0 Å². The number of hydrogen-bond acceptors (Lipinski definition) is 2. The molecule has 0 N–H and O–H groups in total. The highest BCUT2D eigenvalue weighted by molar-refractivity contribution is 5.79. The van der Waals surface area contributed by atoms with Crippen LogP contribution in [-0.2, 0) is 4.79 Å². The number of nitrogens with zero attached hydrogens (tertiary/aromatic N) is 2. The molecule has 116 valence electrons. The molecule has 1 aliphatic heterocycles. The van der Waals surface area contributed by atoms with Gasteiger partial charge in [-0.2, -0.15) is 0 Å². The maximum atomic E-state index is 12.6. The van der Waals surface area contributed by atoms with Crippen molar-refractivity contribution in [1.82, 2.24) is 9.80 Å². The summed E-state index contributed by atoms with van der Waals surface area (Å²) in [5, 5.41) is 0. The summed E-state index contributed by atoms with van der Waals surface area (Å²) in [5.41, 5.74) is 0.536. The molecule has 0 aromatic carbocycles. The first-order valence-electron chi connectivity index (χ1n) is 8.20. The van der Waals surface area contributed by atoms with Gasteiger partial charge < -0.3 is 9.80 Å². The van der Waals surface area contributed by atoms with E-state index >= 15 is 0 Å². The van der Waals surface area contributed by atoms with Crippen LogP contribution in [0.3, 0.4) is 0 Å². The van der Waals surface area contributed by atoms with E-state index in [9.17, 15) is 4.79 Å². The van der Waals surface area contributed by atoms with E-state index in [1.54, 1.807) is 0 Å². The fourth-order valence-corrected chi connectivity index (χ4v) is 4.22. The number of carbonyl (C=O) groups is 1. The normalized spacial score (nSPS) is 31.3. The van der Waals surface area contributed by atoms with Crippen LogP contribution in [0.1, 0.15) is 59.3 Å². The minimum Gasteiger partial charge on any atom is -0.342 e. The van der Waals surface area contributed by atoms with E-state index in [1.165, 1.54) is 25.7 Å². The largest absolute Gasteiger partial charge is 0.342 e. The van der Waals surface area contributed by atoms with Crippen molar-refractivity contribution in [1.29, 1.82) is 0 Å². The zero-order chi connectivity index (χ0) is 15.0. The summed E-state index contributed by atoms with van der Waals surface area (Å²) in [6.07, 6.45) is 6.85. The standard InChI is InChI=1S/C17H32N2O/c1-16(2,3)13-17(18(4)5)9-8-14(12-17)15(20)19-10-6-7-11-19/h14H,6-13H2,1-5H3. The Morgan fingerprint density at radius 3 is 2.35 bits per heavy atom. The van der Waals surface area contributed by atoms with E-state index in [1.807, 2.05) is 0 Å². The molecular weight excluding hydrogens is 248 g/mol. The Balaban J connectivity index is 2.05. The molecular formula is C17H32N2O. The third-order valence-corrected chi connectivity index (χ3v) is 5.16. The number of amides is 1. The quantitative estimate of drug-likeness (QED) is 0.793. The summed E-state index contributed by atoms with van der Waals surface area (Å²) in [5.74, 6) is 0.693. The summed E-state index contributed by atoms with van der Waals surface area (Å²) in [6.45, 7) is 8.92. The maximum Gasteiger partial charge on any atom is 0.225 e. The topological polar surface area (TPSA) is 23.6 Å². The van der Waals surface area contributed by atoms with Gasteiger partial charge in [0.15, 0.2) is 0 Å². The van der Waals surface area contributed by atoms with Crippen LogP contribution in [0.25, 0.3) is 0 Å². The van der Waals surface area contributed by atoms with Gasteiger partial charge in [0.25, 0.3) is 0 Å². The lowest BCUT2D eigenvalue weighted by atomic mass is 9.77. The average molecular weight is 280 g/mol. The lowest BCUT2D eigenvalue weighted by Gasteiger charge is -2.41. The predicted octanol–water partition coefficient (Wildman–Crippen LogP) is 3.15. The summed E-state index contributed by atoms with van der Waals surface area (Å²) < 4.78 is 0. The fraction of sp³-hybridized carbons (Fsp3) is 0.941. The highest BCUT2D eigenvalue weighted by Gasteiger charge is 2.46. The number of likely N-dealkylation sites (tertiary alicyclic amines) is 1. The van der Waals surface area contributed by atoms with Crippen molar-refractivity contribution < 1.29 is 4.79 Å². The van der Waals surface area contributed by atoms with Crippen LogP contribution in [0.4, 0.5) is 0 Å². The summed E-state index contributed by atoms with van der Waals surface area (Å²) in [6, 6.07) is 0. The van der Waals surface area contributed by atoms with Gasteiger partial charge in [-0.3, -0.25) is 4.79 Å². The first-order valence-corrected chi connectivity index (χ1v) is 8.20. The second-order valence-corrected chi connectivity index (χ2v) is 8.33. The molecule has 1 saturated carbocycles. The van der Waals surface area contributed by atoms with E-state index in [-0.39, 0.29) is 11.5 Å². The third-order valence-electron chi connectivity index (χ3n) is 5.16. The Morgan fingerprint density at radius 2 is 1.85 bits per heavy atom. The van der Waals surface area contributed by atoms with Gasteiger partial charge in [-0.05, 0) is 58.0 Å². The van der Waals surface area contributed by atoms with Gasteiger partial charge in [0, 0.05) is 24.5 Å². The summed E-state index contributed by atoms with van der Waals surface area (Å²) in [4.78, 5) is 17.1. The monoisotopic (exact) mass is 280 g/mol. The molecule has 2 aliphatic rings. The number of rotatable bonds is 3. The molecule has 2 rings (SSSR count). The summed E-state index contributed by atoms with van der Waals surface area (Å²) >= 11 is 0. The van der Waals surface area contributed by atoms with Crippen molar-refractivity contribution in [2.24, 2.45) is 11.3 Å². The molecule has 1 amide bonds. The minimum absolute atomic E-state index is 0.221. The molecule has 1 heterocycles. The third kappa shape index (κ3) is 3.36. The molecule has 3 nitrogen and oxygen atoms in total. The number of hydrogen-bond donors (Lipinski definition) is 0.